The van der Waals surface area contributed by atoms with Crippen LogP contribution in [0.3, 0.4) is 0 Å². The first-order valence-corrected chi connectivity index (χ1v) is 13.2. The molecule has 0 aliphatic carbocycles. The number of carbonyl (C=O) groups excluding carboxylic acids is 1. The zero-order valence-electron chi connectivity index (χ0n) is 21.1. The Morgan fingerprint density at radius 3 is 2.18 bits per heavy atom. The Morgan fingerprint density at radius 2 is 1.54 bits per heavy atom. The van der Waals surface area contributed by atoms with Gasteiger partial charge in [0.05, 0.1) is 34.8 Å². The van der Waals surface area contributed by atoms with Gasteiger partial charge in [-0.2, -0.15) is 5.10 Å². The fourth-order valence-corrected chi connectivity index (χ4v) is 4.86. The number of ether oxygens (including phenoxy) is 1. The molecule has 0 atom stereocenters. The number of nitrogens with zero attached hydrogens (tertiary/aromatic N) is 2. The first-order chi connectivity index (χ1) is 19.0. The summed E-state index contributed by atoms with van der Waals surface area (Å²) < 4.78 is 7.87. The fourth-order valence-electron chi connectivity index (χ4n) is 4.36. The van der Waals surface area contributed by atoms with Crippen LogP contribution in [0.2, 0.25) is 10.0 Å². The van der Waals surface area contributed by atoms with E-state index in [0.717, 1.165) is 39.5 Å². The van der Waals surface area contributed by atoms with Crippen LogP contribution in [0, 0.1) is 0 Å². The molecule has 39 heavy (non-hydrogen) atoms. The van der Waals surface area contributed by atoms with Crippen molar-refractivity contribution in [2.45, 2.75) is 6.92 Å². The fraction of sp³-hybridized carbons (Fsp3) is 0.0625. The first kappa shape index (κ1) is 26.3. The van der Waals surface area contributed by atoms with Gasteiger partial charge in [-0.05, 0) is 66.6 Å². The Bertz CT molecular complexity index is 1610. The SMILES string of the molecule is CCOc1ccc(-n2c(-c3ccccc3)cc(/C=N\NC(=O)c3ccc(Cl)cc3Cl)c2-c2ccccc2)cc1. The van der Waals surface area contributed by atoms with E-state index in [1.807, 2.05) is 67.6 Å². The molecule has 5 rings (SSSR count). The molecule has 0 radical (unpaired) electrons. The number of halogens is 2. The summed E-state index contributed by atoms with van der Waals surface area (Å²) in [5, 5.41) is 5.01. The number of hydrogen-bond acceptors (Lipinski definition) is 3. The lowest BCUT2D eigenvalue weighted by Crippen LogP contribution is -2.18. The summed E-state index contributed by atoms with van der Waals surface area (Å²) in [6.07, 6.45) is 1.65. The molecular weight excluding hydrogens is 529 g/mol. The van der Waals surface area contributed by atoms with E-state index in [1.54, 1.807) is 18.3 Å². The average molecular weight is 554 g/mol. The molecule has 0 saturated heterocycles. The lowest BCUT2D eigenvalue weighted by atomic mass is 10.1. The van der Waals surface area contributed by atoms with Crippen molar-refractivity contribution in [1.82, 2.24) is 9.99 Å². The second-order valence-electron chi connectivity index (χ2n) is 8.65. The molecule has 0 aliphatic heterocycles. The topological polar surface area (TPSA) is 55.6 Å². The molecule has 7 heteroatoms. The van der Waals surface area contributed by atoms with Crippen molar-refractivity contribution in [1.29, 1.82) is 0 Å². The summed E-state index contributed by atoms with van der Waals surface area (Å²) in [6, 6.07) is 35.0. The Kier molecular flexibility index (Phi) is 8.11. The van der Waals surface area contributed by atoms with E-state index in [-0.39, 0.29) is 5.02 Å². The smallest absolute Gasteiger partial charge is 0.272 e. The molecule has 0 fully saturated rings. The predicted octanol–water partition coefficient (Wildman–Crippen LogP) is 8.28. The summed E-state index contributed by atoms with van der Waals surface area (Å²) in [5.41, 5.74) is 8.63. The monoisotopic (exact) mass is 553 g/mol. The van der Waals surface area contributed by atoms with Crippen LogP contribution in [0.4, 0.5) is 0 Å². The first-order valence-electron chi connectivity index (χ1n) is 12.4. The van der Waals surface area contributed by atoms with Gasteiger partial charge in [0.1, 0.15) is 5.75 Å². The predicted molar refractivity (Wildman–Crippen MR) is 159 cm³/mol. The van der Waals surface area contributed by atoms with Gasteiger partial charge in [0.25, 0.3) is 5.91 Å². The van der Waals surface area contributed by atoms with E-state index >= 15 is 0 Å². The van der Waals surface area contributed by atoms with Crippen molar-refractivity contribution in [3.8, 4) is 34.0 Å². The molecule has 0 spiro atoms. The lowest BCUT2D eigenvalue weighted by molar-refractivity contribution is 0.0955. The molecule has 1 N–H and O–H groups in total. The molecule has 194 valence electrons. The highest BCUT2D eigenvalue weighted by molar-refractivity contribution is 6.36. The quantitative estimate of drug-likeness (QED) is 0.155. The van der Waals surface area contributed by atoms with Crippen LogP contribution >= 0.6 is 23.2 Å². The number of benzene rings is 4. The summed E-state index contributed by atoms with van der Waals surface area (Å²) in [5.74, 6) is 0.379. The zero-order chi connectivity index (χ0) is 27.2. The number of amides is 1. The molecule has 5 nitrogen and oxygen atoms in total. The van der Waals surface area contributed by atoms with Crippen molar-refractivity contribution < 1.29 is 9.53 Å². The summed E-state index contributed by atoms with van der Waals surface area (Å²) in [6.45, 7) is 2.56. The van der Waals surface area contributed by atoms with E-state index in [1.165, 1.54) is 6.07 Å². The maximum Gasteiger partial charge on any atom is 0.272 e. The van der Waals surface area contributed by atoms with Gasteiger partial charge < -0.3 is 9.30 Å². The van der Waals surface area contributed by atoms with Crippen LogP contribution in [-0.4, -0.2) is 23.3 Å². The van der Waals surface area contributed by atoms with Gasteiger partial charge in [-0.15, -0.1) is 0 Å². The molecule has 1 heterocycles. The van der Waals surface area contributed by atoms with E-state index in [2.05, 4.69) is 45.4 Å². The van der Waals surface area contributed by atoms with Gasteiger partial charge in [0.2, 0.25) is 0 Å². The van der Waals surface area contributed by atoms with Crippen LogP contribution in [0.25, 0.3) is 28.2 Å². The lowest BCUT2D eigenvalue weighted by Gasteiger charge is -2.15. The van der Waals surface area contributed by atoms with Gasteiger partial charge in [-0.3, -0.25) is 4.79 Å². The zero-order valence-corrected chi connectivity index (χ0v) is 22.7. The average Bonchev–Trinajstić information content (AvgIpc) is 3.34. The van der Waals surface area contributed by atoms with Crippen LogP contribution in [0.1, 0.15) is 22.8 Å². The van der Waals surface area contributed by atoms with Gasteiger partial charge >= 0.3 is 0 Å². The molecule has 0 aliphatic rings. The molecule has 0 unspecified atom stereocenters. The van der Waals surface area contributed by atoms with E-state index in [0.29, 0.717) is 17.2 Å². The standard InChI is InChI=1S/C32H25Cl2N3O2/c1-2-39-27-16-14-26(15-17-27)37-30(22-9-5-3-6-10-22)19-24(31(37)23-11-7-4-8-12-23)21-35-36-32(38)28-18-13-25(33)20-29(28)34/h3-21H,2H2,1H3,(H,36,38)/b35-21-. The second-order valence-corrected chi connectivity index (χ2v) is 9.49. The maximum absolute atomic E-state index is 12.8. The minimum atomic E-state index is -0.427. The molecule has 0 bridgehead atoms. The van der Waals surface area contributed by atoms with Crippen LogP contribution in [-0.2, 0) is 0 Å². The Morgan fingerprint density at radius 1 is 0.872 bits per heavy atom. The van der Waals surface area contributed by atoms with Gasteiger partial charge in [-0.1, -0.05) is 83.9 Å². The molecular formula is C32H25Cl2N3O2. The third kappa shape index (κ3) is 5.90. The number of rotatable bonds is 8. The maximum atomic E-state index is 12.8. The van der Waals surface area contributed by atoms with Crippen molar-refractivity contribution in [3.63, 3.8) is 0 Å². The molecule has 0 saturated carbocycles. The molecule has 1 amide bonds. The minimum Gasteiger partial charge on any atom is -0.494 e. The van der Waals surface area contributed by atoms with E-state index < -0.39 is 5.91 Å². The van der Waals surface area contributed by atoms with Gasteiger partial charge in [0, 0.05) is 16.3 Å². The second kappa shape index (κ2) is 12.0. The minimum absolute atomic E-state index is 0.258. The molecule has 5 aromatic rings. The number of aromatic nitrogens is 1. The van der Waals surface area contributed by atoms with E-state index in [9.17, 15) is 4.79 Å². The van der Waals surface area contributed by atoms with E-state index in [4.69, 9.17) is 27.9 Å². The Balaban J connectivity index is 1.61. The third-order valence-electron chi connectivity index (χ3n) is 6.10. The van der Waals surface area contributed by atoms with Crippen molar-refractivity contribution in [3.05, 3.63) is 130 Å². The van der Waals surface area contributed by atoms with Crippen LogP contribution < -0.4 is 10.2 Å². The number of hydrazone groups is 1. The number of nitrogens with one attached hydrogen (secondary N) is 1. The third-order valence-corrected chi connectivity index (χ3v) is 6.65. The number of carbonyl (C=O) groups is 1. The van der Waals surface area contributed by atoms with Crippen LogP contribution in [0.15, 0.2) is 114 Å². The highest BCUT2D eigenvalue weighted by atomic mass is 35.5. The highest BCUT2D eigenvalue weighted by Crippen LogP contribution is 2.36. The van der Waals surface area contributed by atoms with Gasteiger partial charge in [0.15, 0.2) is 0 Å². The largest absolute Gasteiger partial charge is 0.494 e. The summed E-state index contributed by atoms with van der Waals surface area (Å²) >= 11 is 12.2. The molecule has 4 aromatic carbocycles. The van der Waals surface area contributed by atoms with Crippen LogP contribution in [0.5, 0.6) is 5.75 Å². The van der Waals surface area contributed by atoms with Crippen molar-refractivity contribution >= 4 is 35.3 Å². The Labute approximate surface area is 237 Å². The Hall–Kier alpha value is -4.32. The van der Waals surface area contributed by atoms with Crippen molar-refractivity contribution in [2.75, 3.05) is 6.61 Å². The molecule has 1 aromatic heterocycles. The highest BCUT2D eigenvalue weighted by Gasteiger charge is 2.19. The normalized spacial score (nSPS) is 11.1. The van der Waals surface area contributed by atoms with Crippen molar-refractivity contribution in [2.24, 2.45) is 5.10 Å². The van der Waals surface area contributed by atoms with Gasteiger partial charge in [-0.25, -0.2) is 5.43 Å². The number of hydrogen-bond donors (Lipinski definition) is 1. The summed E-state index contributed by atoms with van der Waals surface area (Å²) in [4.78, 5) is 12.8. The summed E-state index contributed by atoms with van der Waals surface area (Å²) in [7, 11) is 0.